The lowest BCUT2D eigenvalue weighted by Crippen LogP contribution is -2.57. The minimum atomic E-state index is -2.31. The van der Waals surface area contributed by atoms with Gasteiger partial charge in [0.25, 0.3) is 5.67 Å². The Bertz CT molecular complexity index is 790. The lowest BCUT2D eigenvalue weighted by molar-refractivity contribution is -0.926. The van der Waals surface area contributed by atoms with Crippen molar-refractivity contribution in [1.82, 2.24) is 0 Å². The predicted molar refractivity (Wildman–Crippen MR) is 103 cm³/mol. The number of alkyl halides is 1. The number of likely N-dealkylation sites (N-methyl/N-ethyl adjacent to an activating group) is 1. The number of benzene rings is 2. The number of rotatable bonds is 4. The van der Waals surface area contributed by atoms with Crippen molar-refractivity contribution in [2.75, 3.05) is 14.1 Å². The molecule has 4 heteroatoms. The van der Waals surface area contributed by atoms with Gasteiger partial charge in [0.05, 0.1) is 14.1 Å². The van der Waals surface area contributed by atoms with Gasteiger partial charge in [0.1, 0.15) is 18.2 Å². The maximum atomic E-state index is 16.3. The highest BCUT2D eigenvalue weighted by molar-refractivity contribution is 5.85. The van der Waals surface area contributed by atoms with E-state index in [9.17, 15) is 4.79 Å². The van der Waals surface area contributed by atoms with Crippen molar-refractivity contribution in [1.29, 1.82) is 0 Å². The van der Waals surface area contributed by atoms with Crippen LogP contribution in [0.25, 0.3) is 0 Å². The van der Waals surface area contributed by atoms with Crippen LogP contribution in [-0.2, 0) is 15.2 Å². The number of hydrogen-bond donors (Lipinski definition) is 0. The summed E-state index contributed by atoms with van der Waals surface area (Å²) in [5.74, 6) is -0.823. The third kappa shape index (κ3) is 2.98. The van der Waals surface area contributed by atoms with Crippen LogP contribution in [0.5, 0.6) is 0 Å². The summed E-state index contributed by atoms with van der Waals surface area (Å²) in [4.78, 5) is 13.1. The molecule has 0 saturated carbocycles. The molecule has 2 aliphatic heterocycles. The van der Waals surface area contributed by atoms with Gasteiger partial charge in [-0.05, 0) is 12.2 Å². The summed E-state index contributed by atoms with van der Waals surface area (Å²) in [5, 5.41) is 0. The maximum absolute atomic E-state index is 16.3. The number of quaternary nitrogens is 1. The highest BCUT2D eigenvalue weighted by Gasteiger charge is 2.50. The Labute approximate surface area is 159 Å². The molecule has 0 spiro atoms. The summed E-state index contributed by atoms with van der Waals surface area (Å²) in [7, 11) is 4.39. The van der Waals surface area contributed by atoms with Crippen LogP contribution in [0.4, 0.5) is 4.39 Å². The topological polar surface area (TPSA) is 26.3 Å². The van der Waals surface area contributed by atoms with Gasteiger partial charge in [0.15, 0.2) is 0 Å². The molecule has 0 N–H and O–H groups in total. The number of nitrogens with zero attached hydrogens (tertiary/aromatic N) is 1. The summed E-state index contributed by atoms with van der Waals surface area (Å²) in [6.45, 7) is 0. The normalized spacial score (nSPS) is 26.0. The van der Waals surface area contributed by atoms with Crippen LogP contribution in [0.1, 0.15) is 24.0 Å². The van der Waals surface area contributed by atoms with Gasteiger partial charge in [0.2, 0.25) is 0 Å². The monoisotopic (exact) mass is 366 g/mol. The number of piperidine rings is 1. The van der Waals surface area contributed by atoms with Gasteiger partial charge in [0, 0.05) is 24.0 Å². The average molecular weight is 366 g/mol. The van der Waals surface area contributed by atoms with Crippen molar-refractivity contribution < 1.29 is 18.4 Å². The van der Waals surface area contributed by atoms with E-state index in [0.717, 1.165) is 17.3 Å². The Hall–Kier alpha value is -2.46. The van der Waals surface area contributed by atoms with Gasteiger partial charge >= 0.3 is 5.97 Å². The lowest BCUT2D eigenvalue weighted by Gasteiger charge is -2.44. The molecule has 0 amide bonds. The summed E-state index contributed by atoms with van der Waals surface area (Å²) in [5.41, 5.74) is -1.71. The zero-order valence-corrected chi connectivity index (χ0v) is 15.7. The highest BCUT2D eigenvalue weighted by Crippen LogP contribution is 2.39. The molecule has 27 heavy (non-hydrogen) atoms. The third-order valence-corrected chi connectivity index (χ3v) is 6.17. The molecular formula is C23H25FNO2+. The highest BCUT2D eigenvalue weighted by atomic mass is 19.1. The van der Waals surface area contributed by atoms with Crippen LogP contribution in [0.2, 0.25) is 0 Å². The second kappa shape index (κ2) is 6.61. The molecule has 2 bridgehead atoms. The Balaban J connectivity index is 1.61. The van der Waals surface area contributed by atoms with Gasteiger partial charge in [-0.25, -0.2) is 9.18 Å². The van der Waals surface area contributed by atoms with Crippen LogP contribution >= 0.6 is 0 Å². The molecule has 1 fully saturated rings. The molecule has 2 aliphatic rings. The molecule has 2 aromatic carbocycles. The summed E-state index contributed by atoms with van der Waals surface area (Å²) in [6.07, 6.45) is 5.60. The summed E-state index contributed by atoms with van der Waals surface area (Å²) < 4.78 is 22.9. The molecule has 0 radical (unpaired) electrons. The van der Waals surface area contributed by atoms with Gasteiger partial charge in [-0.15, -0.1) is 0 Å². The van der Waals surface area contributed by atoms with Crippen molar-refractivity contribution in [3.8, 4) is 0 Å². The van der Waals surface area contributed by atoms with E-state index >= 15 is 4.39 Å². The lowest BCUT2D eigenvalue weighted by atomic mass is 9.88. The number of fused-ring (bicyclic) bond motifs is 2. The fourth-order valence-electron chi connectivity index (χ4n) is 4.35. The number of halogens is 1. The van der Waals surface area contributed by atoms with Crippen LogP contribution < -0.4 is 0 Å². The first-order chi connectivity index (χ1) is 12.9. The zero-order chi connectivity index (χ0) is 19.1. The minimum absolute atomic E-state index is 0.267. The predicted octanol–water partition coefficient (Wildman–Crippen LogP) is 3.99. The molecule has 4 rings (SSSR count). The van der Waals surface area contributed by atoms with Crippen LogP contribution in [-0.4, -0.2) is 42.7 Å². The molecular weight excluding hydrogens is 341 g/mol. The Morgan fingerprint density at radius 3 is 1.81 bits per heavy atom. The molecule has 2 heterocycles. The fourth-order valence-corrected chi connectivity index (χ4v) is 4.35. The molecule has 2 unspecified atom stereocenters. The summed E-state index contributed by atoms with van der Waals surface area (Å²) in [6, 6.07) is 17.8. The Morgan fingerprint density at radius 1 is 0.926 bits per heavy atom. The summed E-state index contributed by atoms with van der Waals surface area (Å²) >= 11 is 0. The third-order valence-electron chi connectivity index (χ3n) is 6.17. The van der Waals surface area contributed by atoms with Gasteiger partial charge in [-0.2, -0.15) is 0 Å². The van der Waals surface area contributed by atoms with Crippen LogP contribution in [0, 0.1) is 0 Å². The average Bonchev–Trinajstić information content (AvgIpc) is 2.86. The minimum Gasteiger partial charge on any atom is -0.459 e. The van der Waals surface area contributed by atoms with E-state index in [4.69, 9.17) is 4.74 Å². The van der Waals surface area contributed by atoms with Crippen molar-refractivity contribution in [2.45, 2.75) is 36.7 Å². The van der Waals surface area contributed by atoms with E-state index in [1.165, 1.54) is 0 Å². The van der Waals surface area contributed by atoms with Crippen molar-refractivity contribution in [2.24, 2.45) is 0 Å². The van der Waals surface area contributed by atoms with E-state index in [1.54, 1.807) is 48.5 Å². The van der Waals surface area contributed by atoms with Crippen LogP contribution in [0.3, 0.4) is 0 Å². The molecule has 0 aliphatic carbocycles. The van der Waals surface area contributed by atoms with E-state index in [0.29, 0.717) is 23.2 Å². The second-order valence-electron chi connectivity index (χ2n) is 8.04. The van der Waals surface area contributed by atoms with Crippen molar-refractivity contribution in [3.63, 3.8) is 0 Å². The molecule has 140 valence electrons. The zero-order valence-electron chi connectivity index (χ0n) is 15.7. The largest absolute Gasteiger partial charge is 0.459 e. The number of carbonyl (C=O) groups excluding carboxylic acids is 1. The molecule has 0 aromatic heterocycles. The van der Waals surface area contributed by atoms with E-state index in [1.807, 2.05) is 12.1 Å². The van der Waals surface area contributed by atoms with Gasteiger partial charge in [-0.3, -0.25) is 0 Å². The quantitative estimate of drug-likeness (QED) is 0.465. The first-order valence-electron chi connectivity index (χ1n) is 9.45. The number of hydrogen-bond acceptors (Lipinski definition) is 2. The van der Waals surface area contributed by atoms with Gasteiger partial charge in [-0.1, -0.05) is 60.7 Å². The first-order valence-corrected chi connectivity index (χ1v) is 9.45. The molecule has 1 saturated heterocycles. The van der Waals surface area contributed by atoms with E-state index < -0.39 is 11.6 Å². The molecule has 3 nitrogen and oxygen atoms in total. The fraction of sp³-hybridized carbons (Fsp3) is 0.348. The standard InChI is InChI=1S/C23H25FNO2/c1-25(2)19-13-14-20(25)16-21(15-19)27-22(26)23(24,17-9-5-3-6-10-17)18-11-7-4-8-12-18/h3-14,19-21H,15-16H2,1-2H3/q+1/t19-,20?,21?/m1/s1. The van der Waals surface area contributed by atoms with Crippen molar-refractivity contribution >= 4 is 5.97 Å². The van der Waals surface area contributed by atoms with Crippen LogP contribution in [0.15, 0.2) is 72.8 Å². The first kappa shape index (κ1) is 17.9. The Morgan fingerprint density at radius 2 is 1.37 bits per heavy atom. The second-order valence-corrected chi connectivity index (χ2v) is 8.04. The number of esters is 1. The smallest absolute Gasteiger partial charge is 0.353 e. The maximum Gasteiger partial charge on any atom is 0.353 e. The molecule has 2 aromatic rings. The Kier molecular flexibility index (Phi) is 4.39. The molecule has 3 atom stereocenters. The van der Waals surface area contributed by atoms with Crippen molar-refractivity contribution in [3.05, 3.63) is 83.9 Å². The van der Waals surface area contributed by atoms with E-state index in [-0.39, 0.29) is 6.10 Å². The SMILES string of the molecule is C[N+]1(C)C2C=C[C@@H]1CC(OC(=O)C(F)(c1ccccc1)c1ccccc1)C2. The number of carbonyl (C=O) groups is 1. The van der Waals surface area contributed by atoms with Gasteiger partial charge < -0.3 is 9.22 Å². The van der Waals surface area contributed by atoms with E-state index in [2.05, 4.69) is 26.2 Å². The number of ether oxygens (including phenoxy) is 1.